The third-order valence-corrected chi connectivity index (χ3v) is 6.40. The topological polar surface area (TPSA) is 111 Å². The van der Waals surface area contributed by atoms with Crippen molar-refractivity contribution in [2.24, 2.45) is 11.8 Å². The molecule has 2 unspecified atom stereocenters. The third-order valence-electron chi connectivity index (χ3n) is 6.40. The van der Waals surface area contributed by atoms with Gasteiger partial charge in [-0.3, -0.25) is 15.0 Å². The van der Waals surface area contributed by atoms with Gasteiger partial charge in [-0.25, -0.2) is 19.6 Å². The summed E-state index contributed by atoms with van der Waals surface area (Å²) in [5.74, 6) is 0.573. The number of hydroxylamine groups is 1. The largest absolute Gasteiger partial charge is 0.355 e. The first-order valence-corrected chi connectivity index (χ1v) is 10.8. The van der Waals surface area contributed by atoms with Crippen molar-refractivity contribution in [3.05, 3.63) is 60.0 Å². The number of halogens is 1. The molecule has 0 saturated carbocycles. The van der Waals surface area contributed by atoms with Gasteiger partial charge in [0.2, 0.25) is 0 Å². The number of likely N-dealkylation sites (tertiary alicyclic amines) is 1. The van der Waals surface area contributed by atoms with Crippen LogP contribution in [0.5, 0.6) is 0 Å². The van der Waals surface area contributed by atoms with Crippen LogP contribution in [0, 0.1) is 17.7 Å². The highest BCUT2D eigenvalue weighted by Crippen LogP contribution is 2.33. The molecule has 10 heteroatoms. The van der Waals surface area contributed by atoms with E-state index >= 15 is 0 Å². The van der Waals surface area contributed by atoms with E-state index in [1.54, 1.807) is 29.9 Å². The van der Waals surface area contributed by atoms with Crippen LogP contribution < -0.4 is 15.7 Å². The van der Waals surface area contributed by atoms with Crippen LogP contribution in [0.4, 0.5) is 20.7 Å². The second kappa shape index (κ2) is 8.62. The molecule has 2 atom stereocenters. The Bertz CT molecular complexity index is 1200. The number of carbonyl (C=O) groups excluding carboxylic acids is 2. The molecule has 9 nitrogen and oxygen atoms in total. The van der Waals surface area contributed by atoms with Crippen LogP contribution in [0.2, 0.25) is 0 Å². The molecule has 2 aliphatic rings. The van der Waals surface area contributed by atoms with Crippen molar-refractivity contribution >= 4 is 34.5 Å². The van der Waals surface area contributed by atoms with Gasteiger partial charge in [-0.2, -0.15) is 0 Å². The van der Waals surface area contributed by atoms with E-state index in [0.717, 1.165) is 25.3 Å². The van der Waals surface area contributed by atoms with E-state index in [-0.39, 0.29) is 11.8 Å². The van der Waals surface area contributed by atoms with E-state index in [9.17, 15) is 14.0 Å². The normalized spacial score (nSPS) is 19.9. The van der Waals surface area contributed by atoms with Gasteiger partial charge in [0.05, 0.1) is 17.2 Å². The highest BCUT2D eigenvalue weighted by atomic mass is 19.1. The summed E-state index contributed by atoms with van der Waals surface area (Å²) in [6, 6.07) is 10.5. The minimum Gasteiger partial charge on any atom is -0.355 e. The van der Waals surface area contributed by atoms with E-state index in [0.29, 0.717) is 47.2 Å². The summed E-state index contributed by atoms with van der Waals surface area (Å²) >= 11 is 0. The van der Waals surface area contributed by atoms with Crippen molar-refractivity contribution in [2.45, 2.75) is 6.42 Å². The molecule has 0 aliphatic carbocycles. The van der Waals surface area contributed by atoms with Crippen molar-refractivity contribution < 1.29 is 19.2 Å². The molecule has 5 rings (SSSR count). The molecule has 2 fully saturated rings. The summed E-state index contributed by atoms with van der Waals surface area (Å²) < 4.78 is 13.4. The average molecular weight is 450 g/mol. The lowest BCUT2D eigenvalue weighted by atomic mass is 9.89. The Morgan fingerprint density at radius 2 is 1.82 bits per heavy atom. The van der Waals surface area contributed by atoms with Gasteiger partial charge in [-0.05, 0) is 54.7 Å². The van der Waals surface area contributed by atoms with E-state index in [4.69, 9.17) is 5.21 Å². The highest BCUT2D eigenvalue weighted by Gasteiger charge is 2.39. The lowest BCUT2D eigenvalue weighted by Gasteiger charge is -2.34. The van der Waals surface area contributed by atoms with Gasteiger partial charge >= 0.3 is 6.03 Å². The van der Waals surface area contributed by atoms with E-state index in [1.165, 1.54) is 24.3 Å². The third kappa shape index (κ3) is 4.29. The predicted molar refractivity (Wildman–Crippen MR) is 120 cm³/mol. The SMILES string of the molecule is O=C(NO)c1ccc(NC(=O)N2CC3CCN(c4cnc5cc(F)ccc5n4)CC3C2)cc1. The Hall–Kier alpha value is -3.79. The molecule has 3 N–H and O–H groups in total. The van der Waals surface area contributed by atoms with Crippen molar-refractivity contribution in [1.82, 2.24) is 20.3 Å². The van der Waals surface area contributed by atoms with Crippen LogP contribution in [0.1, 0.15) is 16.8 Å². The molecule has 2 saturated heterocycles. The molecule has 3 amide bonds. The molecular weight excluding hydrogens is 427 g/mol. The summed E-state index contributed by atoms with van der Waals surface area (Å²) in [5, 5.41) is 11.6. The maximum atomic E-state index is 13.4. The Balaban J connectivity index is 1.22. The monoisotopic (exact) mass is 450 g/mol. The summed E-state index contributed by atoms with van der Waals surface area (Å²) in [6.07, 6.45) is 2.63. The minimum absolute atomic E-state index is 0.178. The van der Waals surface area contributed by atoms with Crippen LogP contribution in [-0.2, 0) is 0 Å². The Morgan fingerprint density at radius 1 is 1.03 bits per heavy atom. The molecule has 3 heterocycles. The first kappa shape index (κ1) is 21.1. The van der Waals surface area contributed by atoms with Gasteiger partial charge in [-0.1, -0.05) is 0 Å². The van der Waals surface area contributed by atoms with Crippen molar-refractivity contribution in [1.29, 1.82) is 0 Å². The fourth-order valence-corrected chi connectivity index (χ4v) is 4.64. The van der Waals surface area contributed by atoms with Gasteiger partial charge in [0.25, 0.3) is 5.91 Å². The maximum Gasteiger partial charge on any atom is 0.321 e. The number of fused-ring (bicyclic) bond motifs is 2. The standard InChI is InChI=1S/C23H23FN6O3/c24-17-3-6-19-20(9-17)25-10-21(27-19)29-8-7-15-11-30(13-16(15)12-29)23(32)26-18-4-1-14(2-5-18)22(31)28-33/h1-6,9-10,15-16,33H,7-8,11-13H2,(H,26,32)(H,28,31). The molecule has 170 valence electrons. The second-order valence-corrected chi connectivity index (χ2v) is 8.47. The van der Waals surface area contributed by atoms with Gasteiger partial charge in [0, 0.05) is 43.5 Å². The average Bonchev–Trinajstić information content (AvgIpc) is 3.27. The summed E-state index contributed by atoms with van der Waals surface area (Å²) in [6.45, 7) is 2.94. The quantitative estimate of drug-likeness (QED) is 0.418. The van der Waals surface area contributed by atoms with Crippen LogP contribution >= 0.6 is 0 Å². The van der Waals surface area contributed by atoms with E-state index in [2.05, 4.69) is 20.2 Å². The van der Waals surface area contributed by atoms with Crippen LogP contribution in [-0.4, -0.2) is 58.2 Å². The zero-order valence-corrected chi connectivity index (χ0v) is 17.7. The number of rotatable bonds is 3. The smallest absolute Gasteiger partial charge is 0.321 e. The molecule has 2 aliphatic heterocycles. The van der Waals surface area contributed by atoms with Crippen molar-refractivity contribution in [3.8, 4) is 0 Å². The van der Waals surface area contributed by atoms with Gasteiger partial charge in [-0.15, -0.1) is 0 Å². The lowest BCUT2D eigenvalue weighted by Crippen LogP contribution is -2.40. The number of carbonyl (C=O) groups is 2. The number of amides is 3. The zero-order chi connectivity index (χ0) is 22.9. The number of piperidine rings is 1. The fourth-order valence-electron chi connectivity index (χ4n) is 4.64. The molecule has 0 radical (unpaired) electrons. The molecule has 0 bridgehead atoms. The molecule has 2 aromatic carbocycles. The molecular formula is C23H23FN6O3. The summed E-state index contributed by atoms with van der Waals surface area (Å²) in [7, 11) is 0. The number of hydrogen-bond donors (Lipinski definition) is 3. The van der Waals surface area contributed by atoms with Gasteiger partial charge < -0.3 is 15.1 Å². The van der Waals surface area contributed by atoms with Crippen LogP contribution in [0.15, 0.2) is 48.7 Å². The summed E-state index contributed by atoms with van der Waals surface area (Å²) in [5.41, 5.74) is 3.64. The fraction of sp³-hybridized carbons (Fsp3) is 0.304. The maximum absolute atomic E-state index is 13.4. The summed E-state index contributed by atoms with van der Waals surface area (Å²) in [4.78, 5) is 37.2. The van der Waals surface area contributed by atoms with Crippen molar-refractivity contribution in [2.75, 3.05) is 36.4 Å². The lowest BCUT2D eigenvalue weighted by molar-refractivity contribution is 0.0706. The van der Waals surface area contributed by atoms with Gasteiger partial charge in [0.1, 0.15) is 11.6 Å². The number of aromatic nitrogens is 2. The molecule has 3 aromatic rings. The molecule has 0 spiro atoms. The number of urea groups is 1. The number of hydrogen-bond acceptors (Lipinski definition) is 6. The first-order chi connectivity index (χ1) is 16.0. The first-order valence-electron chi connectivity index (χ1n) is 10.8. The number of nitrogens with zero attached hydrogens (tertiary/aromatic N) is 4. The van der Waals surface area contributed by atoms with Crippen LogP contribution in [0.3, 0.4) is 0 Å². The molecule has 33 heavy (non-hydrogen) atoms. The minimum atomic E-state index is -0.607. The Labute approximate surface area is 189 Å². The Morgan fingerprint density at radius 3 is 2.61 bits per heavy atom. The zero-order valence-electron chi connectivity index (χ0n) is 17.7. The van der Waals surface area contributed by atoms with Crippen LogP contribution in [0.25, 0.3) is 11.0 Å². The molecule has 1 aromatic heterocycles. The predicted octanol–water partition coefficient (Wildman–Crippen LogP) is 2.88. The highest BCUT2D eigenvalue weighted by molar-refractivity contribution is 5.95. The number of benzene rings is 2. The Kier molecular flexibility index (Phi) is 5.51. The van der Waals surface area contributed by atoms with Crippen molar-refractivity contribution in [3.63, 3.8) is 0 Å². The van der Waals surface area contributed by atoms with E-state index < -0.39 is 5.91 Å². The second-order valence-electron chi connectivity index (χ2n) is 8.47. The van der Waals surface area contributed by atoms with E-state index in [1.807, 2.05) is 4.90 Å². The number of nitrogens with one attached hydrogen (secondary N) is 2. The van der Waals surface area contributed by atoms with Gasteiger partial charge in [0.15, 0.2) is 0 Å². The number of anilines is 2.